The van der Waals surface area contributed by atoms with E-state index in [1.54, 1.807) is 11.3 Å². The van der Waals surface area contributed by atoms with Crippen molar-refractivity contribution in [2.45, 2.75) is 19.8 Å². The topological polar surface area (TPSA) is 20.2 Å². The number of thiophene rings is 1. The molecule has 0 radical (unpaired) electrons. The smallest absolute Gasteiger partial charge is 0.0515 e. The molecule has 0 amide bonds. The number of rotatable bonds is 2. The lowest BCUT2D eigenvalue weighted by Crippen LogP contribution is -1.93. The second-order valence-corrected chi connectivity index (χ2v) is 5.63. The predicted molar refractivity (Wildman–Crippen MR) is 56.4 cm³/mol. The maximum atomic E-state index is 9.15. The van der Waals surface area contributed by atoms with Crippen molar-refractivity contribution < 1.29 is 5.11 Å². The molecule has 0 aliphatic heterocycles. The summed E-state index contributed by atoms with van der Waals surface area (Å²) in [5.74, 6) is 0.928. The molecule has 1 N–H and O–H groups in total. The van der Waals surface area contributed by atoms with Crippen molar-refractivity contribution in [2.24, 2.45) is 11.3 Å². The van der Waals surface area contributed by atoms with Gasteiger partial charge in [-0.2, -0.15) is 0 Å². The van der Waals surface area contributed by atoms with E-state index in [0.29, 0.717) is 11.8 Å². The van der Waals surface area contributed by atoms with Crippen molar-refractivity contribution in [1.82, 2.24) is 0 Å². The van der Waals surface area contributed by atoms with Crippen LogP contribution in [0.4, 0.5) is 0 Å². The molecule has 1 aromatic rings. The van der Waals surface area contributed by atoms with Crippen molar-refractivity contribution >= 4 is 22.9 Å². The fraction of sp³-hybridized carbons (Fsp3) is 0.600. The number of halogens is 1. The van der Waals surface area contributed by atoms with Gasteiger partial charge in [-0.3, -0.25) is 0 Å². The third-order valence-corrected chi connectivity index (χ3v) is 4.50. The highest BCUT2D eigenvalue weighted by Crippen LogP contribution is 2.65. The Bertz CT molecular complexity index is 318. The van der Waals surface area contributed by atoms with Crippen LogP contribution in [0.2, 0.25) is 5.02 Å². The van der Waals surface area contributed by atoms with Crippen molar-refractivity contribution in [3.8, 4) is 0 Å². The summed E-state index contributed by atoms with van der Waals surface area (Å²) in [7, 11) is 0. The molecule has 2 rings (SSSR count). The van der Waals surface area contributed by atoms with E-state index >= 15 is 0 Å². The minimum absolute atomic E-state index is 0.253. The molecule has 0 saturated heterocycles. The molecule has 3 heteroatoms. The Hall–Kier alpha value is -0.0500. The molecule has 0 bridgehead atoms. The second kappa shape index (κ2) is 2.97. The zero-order chi connectivity index (χ0) is 9.64. The normalized spacial score (nSPS) is 30.5. The number of hydrogen-bond acceptors (Lipinski definition) is 2. The molecule has 1 saturated carbocycles. The van der Waals surface area contributed by atoms with Crippen molar-refractivity contribution in [3.63, 3.8) is 0 Å². The summed E-state index contributed by atoms with van der Waals surface area (Å²) in [5.41, 5.74) is 0.253. The van der Waals surface area contributed by atoms with Crippen LogP contribution in [-0.2, 0) is 0 Å². The fourth-order valence-electron chi connectivity index (χ4n) is 2.14. The lowest BCUT2D eigenvalue weighted by Gasteiger charge is -1.98. The lowest BCUT2D eigenvalue weighted by atomic mass is 10.1. The Kier molecular flexibility index (Phi) is 2.17. The highest BCUT2D eigenvalue weighted by molar-refractivity contribution is 7.10. The maximum Gasteiger partial charge on any atom is 0.0515 e. The first kappa shape index (κ1) is 9.50. The van der Waals surface area contributed by atoms with E-state index in [2.05, 4.69) is 13.8 Å². The van der Waals surface area contributed by atoms with Crippen molar-refractivity contribution in [2.75, 3.05) is 6.61 Å². The zero-order valence-electron chi connectivity index (χ0n) is 7.75. The molecule has 0 spiro atoms. The Morgan fingerprint density at radius 2 is 2.31 bits per heavy atom. The third kappa shape index (κ3) is 1.41. The zero-order valence-corrected chi connectivity index (χ0v) is 9.32. The Morgan fingerprint density at radius 1 is 1.62 bits per heavy atom. The molecule has 13 heavy (non-hydrogen) atoms. The van der Waals surface area contributed by atoms with Gasteiger partial charge in [0.2, 0.25) is 0 Å². The standard InChI is InChI=1S/C10H13ClOS/c1-10(2)7(4-12)9(10)8-3-6(11)5-13-8/h3,5,7,9,12H,4H2,1-2H3. The maximum absolute atomic E-state index is 9.15. The minimum Gasteiger partial charge on any atom is -0.396 e. The molecule has 1 nitrogen and oxygen atoms in total. The molecule has 2 unspecified atom stereocenters. The quantitative estimate of drug-likeness (QED) is 0.806. The van der Waals surface area contributed by atoms with E-state index in [4.69, 9.17) is 16.7 Å². The van der Waals surface area contributed by atoms with E-state index in [1.165, 1.54) is 4.88 Å². The minimum atomic E-state index is 0.253. The van der Waals surface area contributed by atoms with Crippen LogP contribution in [0.1, 0.15) is 24.6 Å². The number of aliphatic hydroxyl groups is 1. The predicted octanol–water partition coefficient (Wildman–Crippen LogP) is 3.13. The van der Waals surface area contributed by atoms with Gasteiger partial charge >= 0.3 is 0 Å². The second-order valence-electron chi connectivity index (χ2n) is 4.26. The van der Waals surface area contributed by atoms with Crippen LogP contribution >= 0.6 is 22.9 Å². The van der Waals surface area contributed by atoms with Gasteiger partial charge in [0.05, 0.1) is 5.02 Å². The van der Waals surface area contributed by atoms with Gasteiger partial charge in [-0.05, 0) is 17.4 Å². The lowest BCUT2D eigenvalue weighted by molar-refractivity contribution is 0.257. The third-order valence-electron chi connectivity index (χ3n) is 3.14. The Balaban J connectivity index is 2.21. The van der Waals surface area contributed by atoms with E-state index in [-0.39, 0.29) is 12.0 Å². The SMILES string of the molecule is CC1(C)C(CO)C1c1cc(Cl)cs1. The molecular weight excluding hydrogens is 204 g/mol. The number of hydrogen-bond donors (Lipinski definition) is 1. The summed E-state index contributed by atoms with van der Waals surface area (Å²) in [6.45, 7) is 4.69. The first-order valence-electron chi connectivity index (χ1n) is 4.42. The van der Waals surface area contributed by atoms with Gasteiger partial charge < -0.3 is 5.11 Å². The average Bonchev–Trinajstić information content (AvgIpc) is 2.41. The van der Waals surface area contributed by atoms with Gasteiger partial charge in [-0.1, -0.05) is 25.4 Å². The monoisotopic (exact) mass is 216 g/mol. The van der Waals surface area contributed by atoms with Gasteiger partial charge in [-0.25, -0.2) is 0 Å². The summed E-state index contributed by atoms with van der Waals surface area (Å²) < 4.78 is 0. The summed E-state index contributed by atoms with van der Waals surface area (Å²) in [6.07, 6.45) is 0. The molecular formula is C10H13ClOS. The van der Waals surface area contributed by atoms with Gasteiger partial charge in [0, 0.05) is 22.8 Å². The first-order chi connectivity index (χ1) is 6.07. The van der Waals surface area contributed by atoms with Crippen LogP contribution in [0.25, 0.3) is 0 Å². The summed E-state index contributed by atoms with van der Waals surface area (Å²) in [6, 6.07) is 2.02. The molecule has 2 atom stereocenters. The van der Waals surface area contributed by atoms with Gasteiger partial charge in [-0.15, -0.1) is 11.3 Å². The highest BCUT2D eigenvalue weighted by atomic mass is 35.5. The van der Waals surface area contributed by atoms with Crippen molar-refractivity contribution in [3.05, 3.63) is 21.3 Å². The van der Waals surface area contributed by atoms with E-state index in [0.717, 1.165) is 5.02 Å². The molecule has 1 heterocycles. The van der Waals surface area contributed by atoms with Crippen molar-refractivity contribution in [1.29, 1.82) is 0 Å². The highest BCUT2D eigenvalue weighted by Gasteiger charge is 2.58. The summed E-state index contributed by atoms with van der Waals surface area (Å²) in [4.78, 5) is 1.31. The van der Waals surface area contributed by atoms with E-state index in [9.17, 15) is 0 Å². The molecule has 1 aliphatic carbocycles. The average molecular weight is 217 g/mol. The van der Waals surface area contributed by atoms with Crippen LogP contribution in [0, 0.1) is 11.3 Å². The van der Waals surface area contributed by atoms with Gasteiger partial charge in [0.25, 0.3) is 0 Å². The van der Waals surface area contributed by atoms with Crippen LogP contribution in [0.15, 0.2) is 11.4 Å². The van der Waals surface area contributed by atoms with Gasteiger partial charge in [0.1, 0.15) is 0 Å². The molecule has 72 valence electrons. The van der Waals surface area contributed by atoms with Gasteiger partial charge in [0.15, 0.2) is 0 Å². The molecule has 0 aromatic carbocycles. The fourth-order valence-corrected chi connectivity index (χ4v) is 3.58. The molecule has 1 fully saturated rings. The largest absolute Gasteiger partial charge is 0.396 e. The van der Waals surface area contributed by atoms with E-state index < -0.39 is 0 Å². The Morgan fingerprint density at radius 3 is 2.69 bits per heavy atom. The Labute approximate surface area is 87.4 Å². The summed E-state index contributed by atoms with van der Waals surface area (Å²) >= 11 is 7.56. The van der Waals surface area contributed by atoms with Crippen LogP contribution < -0.4 is 0 Å². The number of aliphatic hydroxyl groups excluding tert-OH is 1. The van der Waals surface area contributed by atoms with Crippen LogP contribution in [0.3, 0.4) is 0 Å². The summed E-state index contributed by atoms with van der Waals surface area (Å²) in [5, 5.41) is 11.9. The molecule has 1 aromatic heterocycles. The first-order valence-corrected chi connectivity index (χ1v) is 5.68. The van der Waals surface area contributed by atoms with E-state index in [1.807, 2.05) is 11.4 Å². The molecule has 1 aliphatic rings. The van der Waals surface area contributed by atoms with Crippen LogP contribution in [0.5, 0.6) is 0 Å². The van der Waals surface area contributed by atoms with Crippen LogP contribution in [-0.4, -0.2) is 11.7 Å².